The van der Waals surface area contributed by atoms with Crippen molar-refractivity contribution >= 4 is 0 Å². The third-order valence-corrected chi connectivity index (χ3v) is 1.77. The second-order valence-corrected chi connectivity index (χ2v) is 3.11. The first-order valence-electron chi connectivity index (χ1n) is 5.62. The number of hydrogen-bond acceptors (Lipinski definition) is 1. The zero-order valence-electron chi connectivity index (χ0n) is 10.3. The van der Waals surface area contributed by atoms with Gasteiger partial charge in [-0.25, -0.2) is 0 Å². The highest BCUT2D eigenvalue weighted by atomic mass is 14.9. The molecule has 80 valence electrons. The van der Waals surface area contributed by atoms with Gasteiger partial charge in [0.2, 0.25) is 0 Å². The van der Waals surface area contributed by atoms with E-state index in [2.05, 4.69) is 33.0 Å². The predicted molar refractivity (Wildman–Crippen MR) is 62.9 cm³/mol. The Morgan fingerprint density at radius 2 is 1.62 bits per heavy atom. The van der Waals surface area contributed by atoms with Crippen LogP contribution in [0, 0.1) is 0 Å². The van der Waals surface area contributed by atoms with Crippen molar-refractivity contribution in [3.63, 3.8) is 0 Å². The average molecular weight is 185 g/mol. The summed E-state index contributed by atoms with van der Waals surface area (Å²) in [7, 11) is 0. The first-order valence-corrected chi connectivity index (χ1v) is 5.62. The third kappa shape index (κ3) is 9.45. The number of nitrogens with one attached hydrogen (secondary N) is 1. The van der Waals surface area contributed by atoms with Gasteiger partial charge in [-0.05, 0) is 33.6 Å². The lowest BCUT2D eigenvalue weighted by Crippen LogP contribution is -2.13. The Hall–Kier alpha value is -0.460. The van der Waals surface area contributed by atoms with Gasteiger partial charge in [-0.3, -0.25) is 0 Å². The highest BCUT2D eigenvalue weighted by Crippen LogP contribution is 2.08. The molecule has 1 heteroatoms. The molecule has 0 bridgehead atoms. The zero-order chi connectivity index (χ0) is 10.7. The zero-order valence-corrected chi connectivity index (χ0v) is 10.3. The molecule has 0 saturated carbocycles. The van der Waals surface area contributed by atoms with Crippen LogP contribution >= 0.6 is 0 Å². The minimum Gasteiger partial charge on any atom is -0.389 e. The van der Waals surface area contributed by atoms with Gasteiger partial charge in [0.05, 0.1) is 0 Å². The van der Waals surface area contributed by atoms with Crippen LogP contribution < -0.4 is 5.32 Å². The summed E-state index contributed by atoms with van der Waals surface area (Å²) in [6, 6.07) is 0. The van der Waals surface area contributed by atoms with Gasteiger partial charge < -0.3 is 5.32 Å². The van der Waals surface area contributed by atoms with E-state index in [1.54, 1.807) is 0 Å². The topological polar surface area (TPSA) is 12.0 Å². The maximum Gasteiger partial charge on any atom is 0.0115 e. The fraction of sp³-hybridized carbons (Fsp3) is 0.833. The van der Waals surface area contributed by atoms with Crippen molar-refractivity contribution in [2.24, 2.45) is 0 Å². The van der Waals surface area contributed by atoms with Crippen molar-refractivity contribution in [1.29, 1.82) is 0 Å². The van der Waals surface area contributed by atoms with Gasteiger partial charge in [-0.1, -0.05) is 32.8 Å². The molecule has 0 saturated heterocycles. The molecular weight excluding hydrogens is 158 g/mol. The molecule has 0 fully saturated rings. The van der Waals surface area contributed by atoms with E-state index in [0.29, 0.717) is 0 Å². The summed E-state index contributed by atoms with van der Waals surface area (Å²) in [6.07, 6.45) is 3.79. The molecule has 0 rings (SSSR count). The van der Waals surface area contributed by atoms with Crippen LogP contribution in [0.4, 0.5) is 0 Å². The van der Waals surface area contributed by atoms with E-state index in [0.717, 1.165) is 6.54 Å². The number of rotatable bonds is 5. The van der Waals surface area contributed by atoms with E-state index in [-0.39, 0.29) is 0 Å². The van der Waals surface area contributed by atoms with Gasteiger partial charge in [0, 0.05) is 12.2 Å². The highest BCUT2D eigenvalue weighted by Gasteiger charge is 1.95. The summed E-state index contributed by atoms with van der Waals surface area (Å²) in [4.78, 5) is 0. The lowest BCUT2D eigenvalue weighted by atomic mass is 10.1. The molecule has 0 aromatic carbocycles. The molecule has 13 heavy (non-hydrogen) atoms. The van der Waals surface area contributed by atoms with Crippen LogP contribution in [0.2, 0.25) is 0 Å². The van der Waals surface area contributed by atoms with E-state index >= 15 is 0 Å². The summed E-state index contributed by atoms with van der Waals surface area (Å²) in [6.45, 7) is 13.8. The standard InChI is InChI=1S/C10H21N.C2H6/c1-5-7-8-10(9(3)4)11-6-2;1-2/h11H,5-8H2,1-4H3;1-2H3. The molecule has 0 atom stereocenters. The minimum absolute atomic E-state index is 1.05. The molecule has 0 heterocycles. The Bertz CT molecular complexity index is 121. The molecule has 1 nitrogen and oxygen atoms in total. The van der Waals surface area contributed by atoms with Crippen LogP contribution in [0.15, 0.2) is 11.3 Å². The van der Waals surface area contributed by atoms with Crippen LogP contribution in [-0.4, -0.2) is 6.54 Å². The Morgan fingerprint density at radius 3 is 1.92 bits per heavy atom. The molecule has 0 aromatic heterocycles. The molecule has 0 spiro atoms. The van der Waals surface area contributed by atoms with Crippen molar-refractivity contribution in [2.75, 3.05) is 6.54 Å². The first kappa shape index (κ1) is 15.0. The van der Waals surface area contributed by atoms with Gasteiger partial charge in [0.25, 0.3) is 0 Å². The summed E-state index contributed by atoms with van der Waals surface area (Å²) in [5.74, 6) is 0. The maximum absolute atomic E-state index is 3.40. The van der Waals surface area contributed by atoms with Crippen molar-refractivity contribution in [3.8, 4) is 0 Å². The Kier molecular flexibility index (Phi) is 13.3. The Labute approximate surface area is 84.6 Å². The SMILES string of the molecule is CC.CCCCC(NCC)=C(C)C. The minimum atomic E-state index is 1.05. The van der Waals surface area contributed by atoms with E-state index in [1.165, 1.54) is 30.5 Å². The third-order valence-electron chi connectivity index (χ3n) is 1.77. The molecule has 0 aliphatic rings. The van der Waals surface area contributed by atoms with Crippen LogP contribution in [0.25, 0.3) is 0 Å². The fourth-order valence-electron chi connectivity index (χ4n) is 1.08. The van der Waals surface area contributed by atoms with E-state index in [4.69, 9.17) is 0 Å². The molecule has 0 unspecified atom stereocenters. The molecule has 0 aromatic rings. The summed E-state index contributed by atoms with van der Waals surface area (Å²) >= 11 is 0. The van der Waals surface area contributed by atoms with E-state index in [1.807, 2.05) is 13.8 Å². The first-order chi connectivity index (χ1) is 6.22. The maximum atomic E-state index is 3.40. The predicted octanol–water partition coefficient (Wildman–Crippen LogP) is 4.11. The second-order valence-electron chi connectivity index (χ2n) is 3.11. The van der Waals surface area contributed by atoms with Gasteiger partial charge in [0.15, 0.2) is 0 Å². The van der Waals surface area contributed by atoms with Crippen LogP contribution in [0.5, 0.6) is 0 Å². The summed E-state index contributed by atoms with van der Waals surface area (Å²) in [5, 5.41) is 3.40. The normalized spacial score (nSPS) is 8.46. The number of allylic oxidation sites excluding steroid dienone is 2. The smallest absolute Gasteiger partial charge is 0.0115 e. The molecule has 1 N–H and O–H groups in total. The van der Waals surface area contributed by atoms with Crippen molar-refractivity contribution in [2.45, 2.75) is 60.8 Å². The summed E-state index contributed by atoms with van der Waals surface area (Å²) in [5.41, 5.74) is 2.87. The largest absolute Gasteiger partial charge is 0.389 e. The molecule has 0 aliphatic carbocycles. The molecule has 0 aliphatic heterocycles. The second kappa shape index (κ2) is 11.5. The van der Waals surface area contributed by atoms with Crippen LogP contribution in [-0.2, 0) is 0 Å². The quantitative estimate of drug-likeness (QED) is 0.680. The van der Waals surface area contributed by atoms with E-state index < -0.39 is 0 Å². The number of unbranched alkanes of at least 4 members (excludes halogenated alkanes) is 1. The van der Waals surface area contributed by atoms with Gasteiger partial charge in [-0.15, -0.1) is 0 Å². The van der Waals surface area contributed by atoms with Crippen molar-refractivity contribution in [1.82, 2.24) is 5.32 Å². The van der Waals surface area contributed by atoms with Crippen molar-refractivity contribution in [3.05, 3.63) is 11.3 Å². The molecule has 0 amide bonds. The highest BCUT2D eigenvalue weighted by molar-refractivity contribution is 5.07. The lowest BCUT2D eigenvalue weighted by Gasteiger charge is -2.10. The van der Waals surface area contributed by atoms with Crippen LogP contribution in [0.1, 0.15) is 60.8 Å². The van der Waals surface area contributed by atoms with Gasteiger partial charge in [-0.2, -0.15) is 0 Å². The van der Waals surface area contributed by atoms with Gasteiger partial charge in [0.1, 0.15) is 0 Å². The molecular formula is C12H27N. The fourth-order valence-corrected chi connectivity index (χ4v) is 1.08. The average Bonchev–Trinajstić information content (AvgIpc) is 2.15. The molecule has 0 radical (unpaired) electrons. The lowest BCUT2D eigenvalue weighted by molar-refractivity contribution is 0.705. The van der Waals surface area contributed by atoms with E-state index in [9.17, 15) is 0 Å². The van der Waals surface area contributed by atoms with Crippen LogP contribution in [0.3, 0.4) is 0 Å². The Balaban J connectivity index is 0. The van der Waals surface area contributed by atoms with Crippen molar-refractivity contribution < 1.29 is 0 Å². The summed E-state index contributed by atoms with van der Waals surface area (Å²) < 4.78 is 0. The Morgan fingerprint density at radius 1 is 1.08 bits per heavy atom. The van der Waals surface area contributed by atoms with Gasteiger partial charge >= 0.3 is 0 Å². The number of hydrogen-bond donors (Lipinski definition) is 1. The monoisotopic (exact) mass is 185 g/mol.